The van der Waals surface area contributed by atoms with Gasteiger partial charge in [0.1, 0.15) is 0 Å². The number of nitro groups is 1. The fourth-order valence-corrected chi connectivity index (χ4v) is 2.75. The molecule has 0 aliphatic rings. The molecule has 1 amide bonds. The molecular weight excluding hydrogens is 364 g/mol. The Morgan fingerprint density at radius 3 is 2.41 bits per heavy atom. The van der Waals surface area contributed by atoms with Crippen LogP contribution in [0, 0.1) is 10.1 Å². The normalized spacial score (nSPS) is 11.1. The molecular formula is C21H15ClN2O3. The van der Waals surface area contributed by atoms with Crippen LogP contribution in [0.2, 0.25) is 5.02 Å². The number of nitrogens with one attached hydrogen (secondary N) is 1. The number of hydrogen-bond donors (Lipinski definition) is 1. The van der Waals surface area contributed by atoms with E-state index in [0.29, 0.717) is 27.4 Å². The number of halogens is 1. The van der Waals surface area contributed by atoms with E-state index in [1.165, 1.54) is 12.1 Å². The molecule has 5 nitrogen and oxygen atoms in total. The van der Waals surface area contributed by atoms with Gasteiger partial charge in [-0.2, -0.15) is 0 Å². The zero-order chi connectivity index (χ0) is 19.2. The number of nitro benzene ring substituents is 1. The van der Waals surface area contributed by atoms with Crippen molar-refractivity contribution in [2.75, 3.05) is 5.32 Å². The number of benzene rings is 3. The topological polar surface area (TPSA) is 72.2 Å². The van der Waals surface area contributed by atoms with Crippen molar-refractivity contribution in [2.24, 2.45) is 0 Å². The first-order valence-electron chi connectivity index (χ1n) is 8.11. The van der Waals surface area contributed by atoms with Gasteiger partial charge in [0.2, 0.25) is 0 Å². The second-order valence-corrected chi connectivity index (χ2v) is 6.18. The summed E-state index contributed by atoms with van der Waals surface area (Å²) in [7, 11) is 0. The number of anilines is 1. The SMILES string of the molecule is O=C(Nc1cccc(Cl)c1)/C(=C/c1cccc([N+](=O)[O-])c1)c1ccccc1. The van der Waals surface area contributed by atoms with Crippen LogP contribution in [0.15, 0.2) is 78.9 Å². The molecule has 0 bridgehead atoms. The minimum Gasteiger partial charge on any atom is -0.322 e. The zero-order valence-electron chi connectivity index (χ0n) is 14.1. The summed E-state index contributed by atoms with van der Waals surface area (Å²) >= 11 is 5.97. The maximum atomic E-state index is 12.9. The lowest BCUT2D eigenvalue weighted by Crippen LogP contribution is -2.13. The molecule has 0 unspecified atom stereocenters. The highest BCUT2D eigenvalue weighted by Gasteiger charge is 2.14. The van der Waals surface area contributed by atoms with E-state index < -0.39 is 4.92 Å². The lowest BCUT2D eigenvalue weighted by molar-refractivity contribution is -0.384. The number of nitrogens with zero attached hydrogens (tertiary/aromatic N) is 1. The molecule has 27 heavy (non-hydrogen) atoms. The van der Waals surface area contributed by atoms with Crippen LogP contribution in [0.3, 0.4) is 0 Å². The summed E-state index contributed by atoms with van der Waals surface area (Å²) < 4.78 is 0. The molecule has 3 aromatic rings. The van der Waals surface area contributed by atoms with Gasteiger partial charge in [-0.05, 0) is 35.4 Å². The monoisotopic (exact) mass is 378 g/mol. The van der Waals surface area contributed by atoms with Gasteiger partial charge in [0.15, 0.2) is 0 Å². The number of hydrogen-bond acceptors (Lipinski definition) is 3. The van der Waals surface area contributed by atoms with E-state index in [-0.39, 0.29) is 11.6 Å². The maximum Gasteiger partial charge on any atom is 0.270 e. The molecule has 0 aliphatic heterocycles. The van der Waals surface area contributed by atoms with E-state index in [0.717, 1.165) is 0 Å². The van der Waals surface area contributed by atoms with Crippen LogP contribution in [-0.4, -0.2) is 10.8 Å². The Morgan fingerprint density at radius 1 is 0.963 bits per heavy atom. The fourth-order valence-electron chi connectivity index (χ4n) is 2.56. The van der Waals surface area contributed by atoms with Gasteiger partial charge in [0.05, 0.1) is 4.92 Å². The molecule has 1 N–H and O–H groups in total. The van der Waals surface area contributed by atoms with E-state index in [1.54, 1.807) is 54.6 Å². The van der Waals surface area contributed by atoms with Crippen molar-refractivity contribution >= 4 is 40.5 Å². The Bertz CT molecular complexity index is 1020. The molecule has 0 saturated heterocycles. The largest absolute Gasteiger partial charge is 0.322 e. The predicted molar refractivity (Wildman–Crippen MR) is 107 cm³/mol. The average Bonchev–Trinajstić information content (AvgIpc) is 2.67. The summed E-state index contributed by atoms with van der Waals surface area (Å²) in [5.41, 5.74) is 2.17. The molecule has 3 rings (SSSR count). The Morgan fingerprint density at radius 2 is 1.70 bits per heavy atom. The van der Waals surface area contributed by atoms with Crippen LogP contribution >= 0.6 is 11.6 Å². The smallest absolute Gasteiger partial charge is 0.270 e. The highest BCUT2D eigenvalue weighted by Crippen LogP contribution is 2.23. The standard InChI is InChI=1S/C21H15ClN2O3/c22-17-9-5-10-18(14-17)23-21(25)20(16-7-2-1-3-8-16)13-15-6-4-11-19(12-15)24(26)27/h1-14H,(H,23,25)/b20-13+. The number of carbonyl (C=O) groups is 1. The van der Waals surface area contributed by atoms with Crippen LogP contribution in [0.4, 0.5) is 11.4 Å². The van der Waals surface area contributed by atoms with Gasteiger partial charge in [-0.25, -0.2) is 0 Å². The number of rotatable bonds is 5. The molecule has 0 heterocycles. The van der Waals surface area contributed by atoms with Crippen molar-refractivity contribution < 1.29 is 9.72 Å². The van der Waals surface area contributed by atoms with Crippen molar-refractivity contribution in [3.63, 3.8) is 0 Å². The average molecular weight is 379 g/mol. The summed E-state index contributed by atoms with van der Waals surface area (Å²) in [6, 6.07) is 22.1. The van der Waals surface area contributed by atoms with E-state index in [2.05, 4.69) is 5.32 Å². The Kier molecular flexibility index (Phi) is 5.64. The van der Waals surface area contributed by atoms with Gasteiger partial charge in [-0.3, -0.25) is 14.9 Å². The lowest BCUT2D eigenvalue weighted by Gasteiger charge is -2.10. The van der Waals surface area contributed by atoms with Crippen molar-refractivity contribution in [3.8, 4) is 0 Å². The first-order chi connectivity index (χ1) is 13.0. The fraction of sp³-hybridized carbons (Fsp3) is 0. The van der Waals surface area contributed by atoms with Gasteiger partial charge in [-0.15, -0.1) is 0 Å². The third-order valence-electron chi connectivity index (χ3n) is 3.80. The number of non-ortho nitro benzene ring substituents is 1. The van der Waals surface area contributed by atoms with Crippen molar-refractivity contribution in [3.05, 3.63) is 105 Å². The minimum atomic E-state index is -0.467. The summed E-state index contributed by atoms with van der Waals surface area (Å²) in [4.78, 5) is 23.4. The molecule has 0 saturated carbocycles. The van der Waals surface area contributed by atoms with E-state index in [9.17, 15) is 14.9 Å². The number of carbonyl (C=O) groups excluding carboxylic acids is 1. The Balaban J connectivity index is 2.00. The second kappa shape index (κ2) is 8.29. The number of amides is 1. The highest BCUT2D eigenvalue weighted by molar-refractivity contribution is 6.32. The molecule has 0 aromatic heterocycles. The predicted octanol–water partition coefficient (Wildman–Crippen LogP) is 5.43. The van der Waals surface area contributed by atoms with Gasteiger partial charge < -0.3 is 5.32 Å². The van der Waals surface area contributed by atoms with Crippen LogP contribution in [0.25, 0.3) is 11.6 Å². The summed E-state index contributed by atoms with van der Waals surface area (Å²) in [6.45, 7) is 0. The Labute approximate surface area is 161 Å². The zero-order valence-corrected chi connectivity index (χ0v) is 14.9. The molecule has 0 radical (unpaired) electrons. The third-order valence-corrected chi connectivity index (χ3v) is 4.04. The molecule has 3 aromatic carbocycles. The van der Waals surface area contributed by atoms with Gasteiger partial charge >= 0.3 is 0 Å². The van der Waals surface area contributed by atoms with Crippen LogP contribution in [0.5, 0.6) is 0 Å². The highest BCUT2D eigenvalue weighted by atomic mass is 35.5. The van der Waals surface area contributed by atoms with E-state index >= 15 is 0 Å². The third kappa shape index (κ3) is 4.80. The van der Waals surface area contributed by atoms with E-state index in [1.807, 2.05) is 18.2 Å². The van der Waals surface area contributed by atoms with Crippen LogP contribution in [0.1, 0.15) is 11.1 Å². The minimum absolute atomic E-state index is 0.0357. The second-order valence-electron chi connectivity index (χ2n) is 5.74. The summed E-state index contributed by atoms with van der Waals surface area (Å²) in [5.74, 6) is -0.338. The molecule has 6 heteroatoms. The first kappa shape index (κ1) is 18.4. The van der Waals surface area contributed by atoms with Gasteiger partial charge in [0.25, 0.3) is 11.6 Å². The maximum absolute atomic E-state index is 12.9. The van der Waals surface area contributed by atoms with Crippen molar-refractivity contribution in [2.45, 2.75) is 0 Å². The summed E-state index contributed by atoms with van der Waals surface area (Å²) in [6.07, 6.45) is 1.63. The van der Waals surface area contributed by atoms with Crippen LogP contribution < -0.4 is 5.32 Å². The molecule has 0 aliphatic carbocycles. The Hall–Kier alpha value is -3.44. The molecule has 134 valence electrons. The lowest BCUT2D eigenvalue weighted by atomic mass is 10.0. The van der Waals surface area contributed by atoms with Gasteiger partial charge in [0, 0.05) is 28.4 Å². The van der Waals surface area contributed by atoms with Gasteiger partial charge in [-0.1, -0.05) is 60.1 Å². The van der Waals surface area contributed by atoms with Crippen molar-refractivity contribution in [1.82, 2.24) is 0 Å². The molecule has 0 atom stereocenters. The van der Waals surface area contributed by atoms with E-state index in [4.69, 9.17) is 11.6 Å². The quantitative estimate of drug-likeness (QED) is 0.278. The molecule has 0 spiro atoms. The molecule has 0 fully saturated rings. The van der Waals surface area contributed by atoms with Crippen molar-refractivity contribution in [1.29, 1.82) is 0 Å². The van der Waals surface area contributed by atoms with Crippen LogP contribution in [-0.2, 0) is 4.79 Å². The first-order valence-corrected chi connectivity index (χ1v) is 8.49. The summed E-state index contributed by atoms with van der Waals surface area (Å²) in [5, 5.41) is 14.3.